The van der Waals surface area contributed by atoms with Crippen LogP contribution in [0.4, 0.5) is 0 Å². The number of carbonyl (C=O) groups is 1. The van der Waals surface area contributed by atoms with Gasteiger partial charge in [-0.2, -0.15) is 5.10 Å². The van der Waals surface area contributed by atoms with Gasteiger partial charge in [-0.1, -0.05) is 36.4 Å². The molecule has 25 heavy (non-hydrogen) atoms. The van der Waals surface area contributed by atoms with Gasteiger partial charge in [-0.15, -0.1) is 0 Å². The molecule has 0 bridgehead atoms. The summed E-state index contributed by atoms with van der Waals surface area (Å²) < 4.78 is 1.81. The van der Waals surface area contributed by atoms with E-state index in [1.54, 1.807) is 0 Å². The van der Waals surface area contributed by atoms with Crippen LogP contribution in [0.25, 0.3) is 5.57 Å². The second-order valence-corrected chi connectivity index (χ2v) is 6.63. The van der Waals surface area contributed by atoms with E-state index in [0.717, 1.165) is 49.2 Å². The van der Waals surface area contributed by atoms with Gasteiger partial charge in [0.15, 0.2) is 0 Å². The molecule has 1 aromatic carbocycles. The lowest BCUT2D eigenvalue weighted by atomic mass is 9.98. The molecular formula is C20H25N3O2. The van der Waals surface area contributed by atoms with E-state index < -0.39 is 5.97 Å². The zero-order valence-electron chi connectivity index (χ0n) is 14.6. The van der Waals surface area contributed by atoms with Crippen LogP contribution >= 0.6 is 0 Å². The minimum atomic E-state index is -0.668. The second-order valence-electron chi connectivity index (χ2n) is 6.63. The van der Waals surface area contributed by atoms with Crippen LogP contribution in [-0.2, 0) is 11.8 Å². The fourth-order valence-corrected chi connectivity index (χ4v) is 3.40. The summed E-state index contributed by atoms with van der Waals surface area (Å²) >= 11 is 0. The molecule has 1 aliphatic heterocycles. The molecule has 5 nitrogen and oxygen atoms in total. The standard InChI is InChI=1S/C20H25N3O2/c1-22-14-11-19(21-22)18(16-7-3-2-4-8-16)10-6-13-23-12-5-9-17(15-23)20(24)25/h2-4,7-8,10-11,14,17H,5-6,9,12-13,15H2,1H3,(H,24,25). The van der Waals surface area contributed by atoms with Gasteiger partial charge in [0.25, 0.3) is 0 Å². The molecule has 3 rings (SSSR count). The Kier molecular flexibility index (Phi) is 5.66. The van der Waals surface area contributed by atoms with E-state index in [9.17, 15) is 9.90 Å². The van der Waals surface area contributed by atoms with Crippen molar-refractivity contribution in [2.24, 2.45) is 13.0 Å². The Hall–Kier alpha value is -2.40. The molecule has 132 valence electrons. The van der Waals surface area contributed by atoms with Crippen molar-refractivity contribution in [2.75, 3.05) is 19.6 Å². The summed E-state index contributed by atoms with van der Waals surface area (Å²) in [6, 6.07) is 12.3. The first-order valence-electron chi connectivity index (χ1n) is 8.84. The quantitative estimate of drug-likeness (QED) is 0.879. The maximum Gasteiger partial charge on any atom is 0.307 e. The van der Waals surface area contributed by atoms with Crippen LogP contribution in [0.5, 0.6) is 0 Å². The number of hydrogen-bond acceptors (Lipinski definition) is 3. The highest BCUT2D eigenvalue weighted by Crippen LogP contribution is 2.23. The van der Waals surface area contributed by atoms with Crippen molar-refractivity contribution >= 4 is 11.5 Å². The highest BCUT2D eigenvalue weighted by Gasteiger charge is 2.24. The van der Waals surface area contributed by atoms with E-state index >= 15 is 0 Å². The highest BCUT2D eigenvalue weighted by molar-refractivity contribution is 5.77. The molecule has 0 amide bonds. The molecule has 1 aromatic heterocycles. The fourth-order valence-electron chi connectivity index (χ4n) is 3.40. The summed E-state index contributed by atoms with van der Waals surface area (Å²) in [5.41, 5.74) is 3.26. The average molecular weight is 339 g/mol. The molecule has 0 radical (unpaired) electrons. The topological polar surface area (TPSA) is 58.4 Å². The summed E-state index contributed by atoms with van der Waals surface area (Å²) in [4.78, 5) is 13.5. The van der Waals surface area contributed by atoms with Crippen LogP contribution in [-0.4, -0.2) is 45.4 Å². The Labute approximate surface area is 148 Å². The number of rotatable bonds is 6. The second kappa shape index (κ2) is 8.12. The van der Waals surface area contributed by atoms with E-state index in [1.165, 1.54) is 0 Å². The summed E-state index contributed by atoms with van der Waals surface area (Å²) in [7, 11) is 1.92. The predicted octanol–water partition coefficient (Wildman–Crippen LogP) is 3.04. The largest absolute Gasteiger partial charge is 0.481 e. The molecule has 5 heteroatoms. The maximum absolute atomic E-state index is 11.2. The van der Waals surface area contributed by atoms with Gasteiger partial charge < -0.3 is 10.0 Å². The molecule has 1 aliphatic rings. The molecule has 1 atom stereocenters. The van der Waals surface area contributed by atoms with Crippen molar-refractivity contribution in [1.29, 1.82) is 0 Å². The number of nitrogens with zero attached hydrogens (tertiary/aromatic N) is 3. The Morgan fingerprint density at radius 3 is 2.80 bits per heavy atom. The Morgan fingerprint density at radius 1 is 1.32 bits per heavy atom. The molecular weight excluding hydrogens is 314 g/mol. The van der Waals surface area contributed by atoms with Crippen molar-refractivity contribution in [2.45, 2.75) is 19.3 Å². The smallest absolute Gasteiger partial charge is 0.307 e. The molecule has 2 heterocycles. The third kappa shape index (κ3) is 4.57. The van der Waals surface area contributed by atoms with Crippen molar-refractivity contribution < 1.29 is 9.90 Å². The molecule has 1 saturated heterocycles. The predicted molar refractivity (Wildman–Crippen MR) is 98.1 cm³/mol. The van der Waals surface area contributed by atoms with E-state index in [2.05, 4.69) is 28.2 Å². The average Bonchev–Trinajstić information content (AvgIpc) is 3.06. The van der Waals surface area contributed by atoms with Crippen LogP contribution in [0.3, 0.4) is 0 Å². The molecule has 1 fully saturated rings. The van der Waals surface area contributed by atoms with Crippen LogP contribution in [0.15, 0.2) is 48.7 Å². The summed E-state index contributed by atoms with van der Waals surface area (Å²) in [5.74, 6) is -0.888. The minimum Gasteiger partial charge on any atom is -0.481 e. The molecule has 0 spiro atoms. The van der Waals surface area contributed by atoms with Crippen molar-refractivity contribution in [3.05, 3.63) is 59.9 Å². The molecule has 0 aliphatic carbocycles. The van der Waals surface area contributed by atoms with Gasteiger partial charge >= 0.3 is 5.97 Å². The van der Waals surface area contributed by atoms with Crippen molar-refractivity contribution in [3.63, 3.8) is 0 Å². The Bertz CT molecular complexity index is 736. The summed E-state index contributed by atoms with van der Waals surface area (Å²) in [6.45, 7) is 2.53. The lowest BCUT2D eigenvalue weighted by molar-refractivity contribution is -0.143. The number of benzene rings is 1. The van der Waals surface area contributed by atoms with Crippen LogP contribution in [0.1, 0.15) is 30.5 Å². The SMILES string of the molecule is Cn1ccc(C(=CCCN2CCCC(C(=O)O)C2)c2ccccc2)n1. The van der Waals surface area contributed by atoms with Crippen molar-refractivity contribution in [3.8, 4) is 0 Å². The van der Waals surface area contributed by atoms with Gasteiger partial charge in [0.1, 0.15) is 0 Å². The summed E-state index contributed by atoms with van der Waals surface area (Å²) in [5, 5.41) is 13.8. The molecule has 1 unspecified atom stereocenters. The number of carboxylic acids is 1. The van der Waals surface area contributed by atoms with Gasteiger partial charge in [0.05, 0.1) is 11.6 Å². The zero-order valence-corrected chi connectivity index (χ0v) is 14.6. The maximum atomic E-state index is 11.2. The number of carboxylic acid groups (broad SMARTS) is 1. The first-order chi connectivity index (χ1) is 12.1. The van der Waals surface area contributed by atoms with Gasteiger partial charge in [-0.3, -0.25) is 9.48 Å². The van der Waals surface area contributed by atoms with Gasteiger partial charge in [0, 0.05) is 31.9 Å². The first kappa shape index (κ1) is 17.4. The number of hydrogen-bond donors (Lipinski definition) is 1. The first-order valence-corrected chi connectivity index (χ1v) is 8.84. The monoisotopic (exact) mass is 339 g/mol. The lowest BCUT2D eigenvalue weighted by Crippen LogP contribution is -2.39. The highest BCUT2D eigenvalue weighted by atomic mass is 16.4. The number of likely N-dealkylation sites (tertiary alicyclic amines) is 1. The molecule has 2 aromatic rings. The lowest BCUT2D eigenvalue weighted by Gasteiger charge is -2.30. The van der Waals surface area contributed by atoms with Crippen LogP contribution in [0, 0.1) is 5.92 Å². The third-order valence-electron chi connectivity index (χ3n) is 4.72. The van der Waals surface area contributed by atoms with E-state index in [4.69, 9.17) is 0 Å². The number of aromatic nitrogens is 2. The number of aryl methyl sites for hydroxylation is 1. The zero-order chi connectivity index (χ0) is 17.6. The van der Waals surface area contributed by atoms with E-state index in [0.29, 0.717) is 6.54 Å². The van der Waals surface area contributed by atoms with Gasteiger partial charge in [-0.25, -0.2) is 0 Å². The molecule has 1 N–H and O–H groups in total. The van der Waals surface area contributed by atoms with E-state index in [1.807, 2.05) is 42.2 Å². The number of aliphatic carboxylic acids is 1. The Morgan fingerprint density at radius 2 is 2.12 bits per heavy atom. The summed E-state index contributed by atoms with van der Waals surface area (Å²) in [6.07, 6.45) is 6.82. The van der Waals surface area contributed by atoms with E-state index in [-0.39, 0.29) is 5.92 Å². The Balaban J connectivity index is 1.70. The van der Waals surface area contributed by atoms with Crippen molar-refractivity contribution in [1.82, 2.24) is 14.7 Å². The molecule has 0 saturated carbocycles. The van der Waals surface area contributed by atoms with Gasteiger partial charge in [0.2, 0.25) is 0 Å². The number of piperidine rings is 1. The minimum absolute atomic E-state index is 0.220. The van der Waals surface area contributed by atoms with Gasteiger partial charge in [-0.05, 0) is 37.4 Å². The normalized spacial score (nSPS) is 19.1. The fraction of sp³-hybridized carbons (Fsp3) is 0.400. The van der Waals surface area contributed by atoms with Crippen LogP contribution < -0.4 is 0 Å². The third-order valence-corrected chi connectivity index (χ3v) is 4.72. The van der Waals surface area contributed by atoms with Crippen LogP contribution in [0.2, 0.25) is 0 Å².